The van der Waals surface area contributed by atoms with Crippen molar-refractivity contribution in [3.05, 3.63) is 53.0 Å². The highest BCUT2D eigenvalue weighted by molar-refractivity contribution is 9.10. The van der Waals surface area contributed by atoms with E-state index in [0.29, 0.717) is 0 Å². The topological polar surface area (TPSA) is 75.7 Å². The summed E-state index contributed by atoms with van der Waals surface area (Å²) in [7, 11) is -1.70. The first kappa shape index (κ1) is 22.3. The number of nitrogen functional groups attached to an aromatic ring is 1. The molecule has 0 aliphatic heterocycles. The molecule has 0 aliphatic rings. The van der Waals surface area contributed by atoms with Crippen LogP contribution in [-0.4, -0.2) is 23.5 Å². The lowest BCUT2D eigenvalue weighted by Crippen LogP contribution is -2.29. The van der Waals surface area contributed by atoms with E-state index in [1.54, 1.807) is 0 Å². The van der Waals surface area contributed by atoms with Gasteiger partial charge in [-0.25, -0.2) is 0 Å². The predicted octanol–water partition coefficient (Wildman–Crippen LogP) is 3.32. The van der Waals surface area contributed by atoms with Gasteiger partial charge in [0.1, 0.15) is 5.75 Å². The Kier molecular flexibility index (Phi) is 10.2. The molecular formula is C15H18BBrF3NO3. The standard InChI is InChI=1S/C7H6BF3O3.C6H6BrN.C2H6/c9-7(10,11)14-6-3-1-5(2-4-6)8(12)13;7-5-1-3-6(8)4-2-5;1-2/h1-4,12-13H;1-4H,8H2;1-2H3. The van der Waals surface area contributed by atoms with E-state index in [-0.39, 0.29) is 5.46 Å². The van der Waals surface area contributed by atoms with Crippen LogP contribution < -0.4 is 15.9 Å². The van der Waals surface area contributed by atoms with Gasteiger partial charge in [0.2, 0.25) is 0 Å². The van der Waals surface area contributed by atoms with E-state index in [1.165, 1.54) is 0 Å². The van der Waals surface area contributed by atoms with Crippen LogP contribution in [0.25, 0.3) is 0 Å². The highest BCUT2D eigenvalue weighted by Crippen LogP contribution is 2.21. The summed E-state index contributed by atoms with van der Waals surface area (Å²) in [5.74, 6) is -0.401. The van der Waals surface area contributed by atoms with Gasteiger partial charge in [-0.1, -0.05) is 41.9 Å². The molecule has 2 aromatic rings. The van der Waals surface area contributed by atoms with E-state index in [1.807, 2.05) is 38.1 Å². The summed E-state index contributed by atoms with van der Waals surface area (Å²) in [6.07, 6.45) is -4.74. The van der Waals surface area contributed by atoms with E-state index in [9.17, 15) is 13.2 Å². The van der Waals surface area contributed by atoms with Gasteiger partial charge in [-0.2, -0.15) is 0 Å². The van der Waals surface area contributed by atoms with E-state index in [2.05, 4.69) is 20.7 Å². The van der Waals surface area contributed by atoms with E-state index in [0.717, 1.165) is 34.4 Å². The maximum Gasteiger partial charge on any atom is 0.573 e. The van der Waals surface area contributed by atoms with Gasteiger partial charge in [0.25, 0.3) is 0 Å². The minimum Gasteiger partial charge on any atom is -0.423 e. The normalized spacial score (nSPS) is 9.83. The molecule has 0 unspecified atom stereocenters. The van der Waals surface area contributed by atoms with Crippen LogP contribution in [0.15, 0.2) is 53.0 Å². The summed E-state index contributed by atoms with van der Waals surface area (Å²) in [5, 5.41) is 17.3. The fourth-order valence-corrected chi connectivity index (χ4v) is 1.57. The number of nitrogens with two attached hydrogens (primary N) is 1. The number of hydrogen-bond acceptors (Lipinski definition) is 4. The first-order valence-corrected chi connectivity index (χ1v) is 7.69. The SMILES string of the molecule is CC.Nc1ccc(Br)cc1.OB(O)c1ccc(OC(F)(F)F)cc1. The Labute approximate surface area is 147 Å². The van der Waals surface area contributed by atoms with Gasteiger partial charge in [0.05, 0.1) is 0 Å². The molecule has 24 heavy (non-hydrogen) atoms. The Morgan fingerprint density at radius 1 is 0.958 bits per heavy atom. The van der Waals surface area contributed by atoms with Gasteiger partial charge in [-0.05, 0) is 41.9 Å². The second kappa shape index (κ2) is 11.0. The summed E-state index contributed by atoms with van der Waals surface area (Å²) in [5.41, 5.74) is 6.30. The maximum atomic E-state index is 11.7. The van der Waals surface area contributed by atoms with Gasteiger partial charge in [0, 0.05) is 10.2 Å². The zero-order chi connectivity index (χ0) is 18.8. The zero-order valence-electron chi connectivity index (χ0n) is 13.1. The van der Waals surface area contributed by atoms with Crippen molar-refractivity contribution in [1.29, 1.82) is 0 Å². The van der Waals surface area contributed by atoms with E-state index >= 15 is 0 Å². The van der Waals surface area contributed by atoms with Crippen molar-refractivity contribution in [2.45, 2.75) is 20.2 Å². The molecule has 0 radical (unpaired) electrons. The molecule has 0 spiro atoms. The monoisotopic (exact) mass is 407 g/mol. The molecule has 0 saturated carbocycles. The average molecular weight is 408 g/mol. The van der Waals surface area contributed by atoms with Gasteiger partial charge in [0.15, 0.2) is 0 Å². The van der Waals surface area contributed by atoms with Crippen LogP contribution >= 0.6 is 15.9 Å². The molecule has 9 heteroatoms. The van der Waals surface area contributed by atoms with Gasteiger partial charge < -0.3 is 20.5 Å². The average Bonchev–Trinajstić information content (AvgIpc) is 2.52. The number of halogens is 4. The fourth-order valence-electron chi connectivity index (χ4n) is 1.30. The predicted molar refractivity (Wildman–Crippen MR) is 92.9 cm³/mol. The van der Waals surface area contributed by atoms with Gasteiger partial charge in [-0.3, -0.25) is 0 Å². The third kappa shape index (κ3) is 10.1. The van der Waals surface area contributed by atoms with Crippen molar-refractivity contribution in [2.24, 2.45) is 0 Å². The third-order valence-corrected chi connectivity index (χ3v) is 2.81. The molecule has 2 aromatic carbocycles. The van der Waals surface area contributed by atoms with Crippen molar-refractivity contribution in [3.63, 3.8) is 0 Å². The Hall–Kier alpha value is -1.71. The number of hydrogen-bond donors (Lipinski definition) is 3. The molecular weight excluding hydrogens is 390 g/mol. The Morgan fingerprint density at radius 3 is 1.75 bits per heavy atom. The van der Waals surface area contributed by atoms with Crippen LogP contribution in [0.1, 0.15) is 13.8 Å². The number of benzene rings is 2. The van der Waals surface area contributed by atoms with Gasteiger partial charge in [-0.15, -0.1) is 13.2 Å². The number of anilines is 1. The third-order valence-electron chi connectivity index (χ3n) is 2.28. The quantitative estimate of drug-likeness (QED) is 0.527. The first-order chi connectivity index (χ1) is 11.2. The largest absolute Gasteiger partial charge is 0.573 e. The minimum absolute atomic E-state index is 0.0968. The molecule has 0 bridgehead atoms. The Morgan fingerprint density at radius 2 is 1.42 bits per heavy atom. The number of ether oxygens (including phenoxy) is 1. The van der Waals surface area contributed by atoms with Crippen LogP contribution in [-0.2, 0) is 0 Å². The minimum atomic E-state index is -4.74. The molecule has 0 amide bonds. The second-order valence-electron chi connectivity index (χ2n) is 4.04. The van der Waals surface area contributed by atoms with Crippen molar-refractivity contribution in [3.8, 4) is 5.75 Å². The van der Waals surface area contributed by atoms with Crippen LogP contribution in [0.3, 0.4) is 0 Å². The summed E-state index contributed by atoms with van der Waals surface area (Å²) >= 11 is 3.29. The van der Waals surface area contributed by atoms with E-state index in [4.69, 9.17) is 15.8 Å². The lowest BCUT2D eigenvalue weighted by Gasteiger charge is -2.08. The second-order valence-corrected chi connectivity index (χ2v) is 4.96. The molecule has 132 valence electrons. The van der Waals surface area contributed by atoms with Crippen molar-refractivity contribution < 1.29 is 28.0 Å². The smallest absolute Gasteiger partial charge is 0.423 e. The van der Waals surface area contributed by atoms with Crippen molar-refractivity contribution >= 4 is 34.2 Å². The fraction of sp³-hybridized carbons (Fsp3) is 0.200. The molecule has 0 saturated heterocycles. The summed E-state index contributed by atoms with van der Waals surface area (Å²) in [6.45, 7) is 4.00. The van der Waals surface area contributed by atoms with Crippen molar-refractivity contribution in [1.82, 2.24) is 0 Å². The van der Waals surface area contributed by atoms with Crippen molar-refractivity contribution in [2.75, 3.05) is 5.73 Å². The number of alkyl halides is 3. The summed E-state index contributed by atoms with van der Waals surface area (Å²) < 4.78 is 39.7. The molecule has 0 fully saturated rings. The van der Waals surface area contributed by atoms with Gasteiger partial charge >= 0.3 is 13.5 Å². The Balaban J connectivity index is 0.000000447. The highest BCUT2D eigenvalue weighted by Gasteiger charge is 2.31. The lowest BCUT2D eigenvalue weighted by molar-refractivity contribution is -0.274. The molecule has 4 N–H and O–H groups in total. The highest BCUT2D eigenvalue weighted by atomic mass is 79.9. The first-order valence-electron chi connectivity index (χ1n) is 6.90. The van der Waals surface area contributed by atoms with Crippen LogP contribution in [0.2, 0.25) is 0 Å². The molecule has 2 rings (SSSR count). The Bertz CT molecular complexity index is 557. The molecule has 4 nitrogen and oxygen atoms in total. The maximum absolute atomic E-state index is 11.7. The number of rotatable bonds is 2. The molecule has 0 aromatic heterocycles. The van der Waals surface area contributed by atoms with E-state index < -0.39 is 19.2 Å². The summed E-state index contributed by atoms with van der Waals surface area (Å²) in [4.78, 5) is 0. The molecule has 0 heterocycles. The van der Waals surface area contributed by atoms with Crippen LogP contribution in [0.4, 0.5) is 18.9 Å². The van der Waals surface area contributed by atoms with Crippen LogP contribution in [0.5, 0.6) is 5.75 Å². The van der Waals surface area contributed by atoms with Crippen LogP contribution in [0, 0.1) is 0 Å². The molecule has 0 aliphatic carbocycles. The zero-order valence-corrected chi connectivity index (χ0v) is 14.7. The summed E-state index contributed by atoms with van der Waals surface area (Å²) in [6, 6.07) is 11.8. The lowest BCUT2D eigenvalue weighted by atomic mass is 9.80. The molecule has 0 atom stereocenters.